The number of nitrogens with two attached hydrogens (primary N) is 1. The van der Waals surface area contributed by atoms with Crippen LogP contribution >= 0.6 is 0 Å². The number of azo groups is 1. The average molecular weight is 362 g/mol. The van der Waals surface area contributed by atoms with Crippen molar-refractivity contribution in [2.24, 2.45) is 15.4 Å². The fraction of sp³-hybridized carbons (Fsp3) is 0. The maximum absolute atomic E-state index is 13.3. The van der Waals surface area contributed by atoms with E-state index in [1.165, 1.54) is 24.3 Å². The van der Waals surface area contributed by atoms with Crippen LogP contribution in [0.1, 0.15) is 10.4 Å². The topological polar surface area (TPSA) is 138 Å². The minimum atomic E-state index is -3.87. The summed E-state index contributed by atoms with van der Waals surface area (Å²) < 4.78 is 35.7. The molecule has 0 bridgehead atoms. The number of primary sulfonamides is 1. The lowest BCUT2D eigenvalue weighted by atomic mass is 10.2. The first-order chi connectivity index (χ1) is 11.8. The molecule has 0 aliphatic heterocycles. The van der Waals surface area contributed by atoms with Gasteiger partial charge in [0.05, 0.1) is 10.4 Å². The molecule has 3 rings (SSSR count). The molecule has 10 heteroatoms. The van der Waals surface area contributed by atoms with Crippen LogP contribution in [0.15, 0.2) is 57.6 Å². The Hall–Kier alpha value is -3.11. The van der Waals surface area contributed by atoms with Crippen molar-refractivity contribution in [2.75, 3.05) is 0 Å². The molecule has 1 amide bonds. The molecule has 3 aromatic rings. The largest absolute Gasteiger partial charge is 0.493 e. The number of H-pyrrole nitrogens is 1. The van der Waals surface area contributed by atoms with Crippen molar-refractivity contribution >= 4 is 32.5 Å². The van der Waals surface area contributed by atoms with E-state index in [2.05, 4.69) is 15.2 Å². The molecule has 4 N–H and O–H groups in total. The molecule has 0 saturated carbocycles. The van der Waals surface area contributed by atoms with Crippen LogP contribution in [0.2, 0.25) is 0 Å². The second kappa shape index (κ2) is 6.07. The zero-order chi connectivity index (χ0) is 18.2. The highest BCUT2D eigenvalue weighted by Gasteiger charge is 2.13. The molecular weight excluding hydrogens is 351 g/mol. The van der Waals surface area contributed by atoms with Crippen LogP contribution < -0.4 is 5.14 Å². The van der Waals surface area contributed by atoms with Gasteiger partial charge in [0.1, 0.15) is 5.82 Å². The van der Waals surface area contributed by atoms with Gasteiger partial charge in [0.15, 0.2) is 5.69 Å². The maximum Gasteiger partial charge on any atom is 0.295 e. The molecule has 0 radical (unpaired) electrons. The normalized spacial score (nSPS) is 12.1. The second-order valence-corrected chi connectivity index (χ2v) is 6.65. The first kappa shape index (κ1) is 16.7. The predicted molar refractivity (Wildman–Crippen MR) is 86.6 cm³/mol. The number of halogens is 1. The lowest BCUT2D eigenvalue weighted by Crippen LogP contribution is -2.12. The molecule has 1 aromatic heterocycles. The Balaban J connectivity index is 1.91. The predicted octanol–water partition coefficient (Wildman–Crippen LogP) is 2.58. The first-order valence-electron chi connectivity index (χ1n) is 6.85. The molecule has 0 fully saturated rings. The van der Waals surface area contributed by atoms with E-state index in [4.69, 9.17) is 5.14 Å². The Labute approximate surface area is 140 Å². The number of rotatable bonds is 3. The quantitative estimate of drug-likeness (QED) is 0.616. The van der Waals surface area contributed by atoms with Crippen molar-refractivity contribution in [1.29, 1.82) is 0 Å². The van der Waals surface area contributed by atoms with Crippen LogP contribution in [0.4, 0.5) is 10.1 Å². The summed E-state index contributed by atoms with van der Waals surface area (Å²) in [6.07, 6.45) is 0. The molecule has 0 unspecified atom stereocenters. The van der Waals surface area contributed by atoms with Crippen molar-refractivity contribution in [2.45, 2.75) is 4.90 Å². The van der Waals surface area contributed by atoms with Crippen LogP contribution in [-0.2, 0) is 10.0 Å². The number of amides is 1. The monoisotopic (exact) mass is 362 g/mol. The van der Waals surface area contributed by atoms with E-state index < -0.39 is 21.7 Å². The first-order valence-corrected chi connectivity index (χ1v) is 8.39. The number of hydrogen-bond donors (Lipinski definition) is 3. The summed E-state index contributed by atoms with van der Waals surface area (Å²) in [6, 6.07) is 8.55. The van der Waals surface area contributed by atoms with Gasteiger partial charge in [-0.3, -0.25) is 4.79 Å². The molecule has 25 heavy (non-hydrogen) atoms. The number of nitrogens with one attached hydrogen (secondary N) is 1. The Morgan fingerprint density at radius 2 is 1.84 bits per heavy atom. The fourth-order valence-corrected chi connectivity index (χ4v) is 2.69. The summed E-state index contributed by atoms with van der Waals surface area (Å²) in [4.78, 5) is 14.4. The molecule has 0 aliphatic carbocycles. The van der Waals surface area contributed by atoms with Gasteiger partial charge >= 0.3 is 0 Å². The van der Waals surface area contributed by atoms with E-state index in [1.807, 2.05) is 0 Å². The van der Waals surface area contributed by atoms with Gasteiger partial charge in [0.2, 0.25) is 15.9 Å². The van der Waals surface area contributed by atoms with E-state index in [0.717, 1.165) is 18.2 Å². The summed E-state index contributed by atoms with van der Waals surface area (Å²) >= 11 is 0. The van der Waals surface area contributed by atoms with Gasteiger partial charge in [-0.1, -0.05) is 0 Å². The highest BCUT2D eigenvalue weighted by atomic mass is 32.2. The number of carbonyl (C=O) groups is 1. The number of sulfonamides is 1. The third-order valence-corrected chi connectivity index (χ3v) is 4.31. The van der Waals surface area contributed by atoms with Crippen molar-refractivity contribution in [3.05, 3.63) is 53.8 Å². The Bertz CT molecular complexity index is 1100. The number of nitrogens with zero attached hydrogens (tertiary/aromatic N) is 2. The van der Waals surface area contributed by atoms with E-state index in [-0.39, 0.29) is 27.4 Å². The summed E-state index contributed by atoms with van der Waals surface area (Å²) in [5.74, 6) is -1.67. The minimum Gasteiger partial charge on any atom is -0.493 e. The van der Waals surface area contributed by atoms with Crippen molar-refractivity contribution < 1.29 is 22.7 Å². The number of aromatic nitrogens is 1. The SMILES string of the molecule is NS(=O)(=O)c1ccc(C(=O)N=Nc2c(O)[nH]c3ccc(F)cc23)cc1. The van der Waals surface area contributed by atoms with Gasteiger partial charge in [-0.05, 0) is 42.5 Å². The summed E-state index contributed by atoms with van der Waals surface area (Å²) in [5, 5.41) is 22.2. The molecule has 0 saturated heterocycles. The Kier molecular flexibility index (Phi) is 4.07. The Morgan fingerprint density at radius 3 is 2.48 bits per heavy atom. The van der Waals surface area contributed by atoms with E-state index >= 15 is 0 Å². The molecule has 0 spiro atoms. The lowest BCUT2D eigenvalue weighted by molar-refractivity contribution is 0.0995. The smallest absolute Gasteiger partial charge is 0.295 e. The highest BCUT2D eigenvalue weighted by Crippen LogP contribution is 2.35. The van der Waals surface area contributed by atoms with Crippen LogP contribution in [0.25, 0.3) is 10.9 Å². The van der Waals surface area contributed by atoms with E-state index in [1.54, 1.807) is 0 Å². The van der Waals surface area contributed by atoms with Gasteiger partial charge in [-0.2, -0.15) is 0 Å². The zero-order valence-corrected chi connectivity index (χ0v) is 13.3. The third-order valence-electron chi connectivity index (χ3n) is 3.38. The van der Waals surface area contributed by atoms with Crippen LogP contribution in [-0.4, -0.2) is 24.4 Å². The van der Waals surface area contributed by atoms with Crippen molar-refractivity contribution in [1.82, 2.24) is 4.98 Å². The molecule has 0 atom stereocenters. The highest BCUT2D eigenvalue weighted by molar-refractivity contribution is 7.89. The van der Waals surface area contributed by atoms with Gasteiger partial charge in [0.25, 0.3) is 5.91 Å². The maximum atomic E-state index is 13.3. The average Bonchev–Trinajstić information content (AvgIpc) is 2.86. The molecule has 128 valence electrons. The van der Waals surface area contributed by atoms with Gasteiger partial charge < -0.3 is 10.1 Å². The molecule has 1 heterocycles. The van der Waals surface area contributed by atoms with Crippen LogP contribution in [0.5, 0.6) is 5.88 Å². The standard InChI is InChI=1S/C15H11FN4O4S/c16-9-3-6-12-11(7-9)13(15(22)18-12)19-20-14(21)8-1-4-10(5-2-8)25(17,23)24/h1-7,18,22H,(H2,17,23,24). The molecule has 8 nitrogen and oxygen atoms in total. The number of carbonyl (C=O) groups excluding carboxylic acids is 1. The van der Waals surface area contributed by atoms with E-state index in [0.29, 0.717) is 5.52 Å². The second-order valence-electron chi connectivity index (χ2n) is 5.09. The molecular formula is C15H11FN4O4S. The number of aromatic hydroxyl groups is 1. The summed E-state index contributed by atoms with van der Waals surface area (Å²) in [6.45, 7) is 0. The van der Waals surface area contributed by atoms with Gasteiger partial charge in [-0.15, -0.1) is 10.2 Å². The number of benzene rings is 2. The van der Waals surface area contributed by atoms with Crippen LogP contribution in [0.3, 0.4) is 0 Å². The van der Waals surface area contributed by atoms with Crippen molar-refractivity contribution in [3.8, 4) is 5.88 Å². The Morgan fingerprint density at radius 1 is 1.16 bits per heavy atom. The van der Waals surface area contributed by atoms with E-state index in [9.17, 15) is 22.7 Å². The van der Waals surface area contributed by atoms with Gasteiger partial charge in [0, 0.05) is 10.9 Å². The minimum absolute atomic E-state index is 0.0710. The molecule has 2 aromatic carbocycles. The third kappa shape index (κ3) is 3.39. The van der Waals surface area contributed by atoms with Gasteiger partial charge in [-0.25, -0.2) is 17.9 Å². The van der Waals surface area contributed by atoms with Crippen molar-refractivity contribution in [3.63, 3.8) is 0 Å². The number of aromatic amines is 1. The molecule has 0 aliphatic rings. The zero-order valence-electron chi connectivity index (χ0n) is 12.5. The fourth-order valence-electron chi connectivity index (χ4n) is 2.18. The summed E-state index contributed by atoms with van der Waals surface area (Å²) in [7, 11) is -3.87. The number of hydrogen-bond acceptors (Lipinski definition) is 5. The summed E-state index contributed by atoms with van der Waals surface area (Å²) in [5.41, 5.74) is 0.420. The van der Waals surface area contributed by atoms with Crippen LogP contribution in [0, 0.1) is 5.82 Å². The number of fused-ring (bicyclic) bond motifs is 1. The lowest BCUT2D eigenvalue weighted by Gasteiger charge is -1.98.